The fourth-order valence-electron chi connectivity index (χ4n) is 5.41. The van der Waals surface area contributed by atoms with Crippen LogP contribution in [-0.2, 0) is 19.0 Å². The van der Waals surface area contributed by atoms with Gasteiger partial charge in [0.25, 0.3) is 0 Å². The molecule has 1 aliphatic rings. The summed E-state index contributed by atoms with van der Waals surface area (Å²) in [6.45, 7) is 1.73. The molecule has 3 N–H and O–H groups in total. The zero-order valence-corrected chi connectivity index (χ0v) is 20.9. The second-order valence-corrected chi connectivity index (χ2v) is 9.53. The molecule has 0 spiro atoms. The van der Waals surface area contributed by atoms with Crippen molar-refractivity contribution in [2.24, 2.45) is 7.05 Å². The molecule has 0 bridgehead atoms. The van der Waals surface area contributed by atoms with Gasteiger partial charge in [-0.3, -0.25) is 15.1 Å². The van der Waals surface area contributed by atoms with Gasteiger partial charge >= 0.3 is 0 Å². The number of nitrogens with one attached hydrogen (secondary N) is 3. The van der Waals surface area contributed by atoms with Crippen molar-refractivity contribution in [3.8, 4) is 17.5 Å². The number of halogens is 1. The smallest absolute Gasteiger partial charge is 0.223 e. The van der Waals surface area contributed by atoms with Gasteiger partial charge in [0.15, 0.2) is 11.4 Å². The molecule has 6 aromatic rings. The maximum atomic E-state index is 13.5. The number of aryl methyl sites for hydroxylation is 2. The lowest BCUT2D eigenvalue weighted by Crippen LogP contribution is -2.52. The summed E-state index contributed by atoms with van der Waals surface area (Å²) in [5, 5.41) is 31.0. The first-order valence-corrected chi connectivity index (χ1v) is 12.3. The lowest BCUT2D eigenvalue weighted by atomic mass is 9.80. The molecule has 0 fully saturated rings. The summed E-state index contributed by atoms with van der Waals surface area (Å²) >= 11 is 0. The van der Waals surface area contributed by atoms with Crippen LogP contribution in [0.3, 0.4) is 0 Å². The zero-order chi connectivity index (χ0) is 26.7. The second kappa shape index (κ2) is 8.44. The summed E-state index contributed by atoms with van der Waals surface area (Å²) in [4.78, 5) is 12.9. The first kappa shape index (κ1) is 23.0. The Hall–Kier alpha value is -5.15. The molecule has 0 saturated heterocycles. The van der Waals surface area contributed by atoms with E-state index in [1.807, 2.05) is 31.4 Å². The van der Waals surface area contributed by atoms with E-state index in [1.54, 1.807) is 29.8 Å². The Morgan fingerprint density at radius 1 is 1.15 bits per heavy atom. The minimum Gasteiger partial charge on any atom is -0.356 e. The largest absolute Gasteiger partial charge is 0.356 e. The number of benzene rings is 2. The Morgan fingerprint density at radius 2 is 2.00 bits per heavy atom. The minimum atomic E-state index is -1.16. The third-order valence-electron chi connectivity index (χ3n) is 7.12. The van der Waals surface area contributed by atoms with Crippen LogP contribution in [-0.4, -0.2) is 40.1 Å². The Balaban J connectivity index is 1.47. The average molecular weight is 521 g/mol. The van der Waals surface area contributed by atoms with E-state index < -0.39 is 11.6 Å². The lowest BCUT2D eigenvalue weighted by molar-refractivity contribution is 0.310. The molecule has 5 heterocycles. The number of rotatable bonds is 4. The molecule has 1 unspecified atom stereocenters. The second-order valence-electron chi connectivity index (χ2n) is 9.53. The van der Waals surface area contributed by atoms with Gasteiger partial charge in [-0.2, -0.15) is 20.4 Å². The number of hydrogen-bond donors (Lipinski definition) is 3. The highest BCUT2D eigenvalue weighted by atomic mass is 19.1. The average Bonchev–Trinajstić information content (AvgIpc) is 3.75. The molecule has 11 nitrogen and oxygen atoms in total. The van der Waals surface area contributed by atoms with Gasteiger partial charge in [0, 0.05) is 36.6 Å². The first-order chi connectivity index (χ1) is 19.0. The maximum absolute atomic E-state index is 13.5. The van der Waals surface area contributed by atoms with Crippen molar-refractivity contribution in [2.75, 3.05) is 0 Å². The van der Waals surface area contributed by atoms with Crippen LogP contribution in [0.1, 0.15) is 46.1 Å². The SMILES string of the molecule is Cc1nc(C2(c3ccn(C)n3)N[C@@H](c3nc(-c4ccc(F)cc4)n[nH]3)Cc3c2[nH]c2cccc(C#N)c32)no1. The van der Waals surface area contributed by atoms with Gasteiger partial charge in [0.2, 0.25) is 11.7 Å². The summed E-state index contributed by atoms with van der Waals surface area (Å²) in [5.74, 6) is 1.43. The normalized spacial score (nSPS) is 18.8. The Kier molecular flexibility index (Phi) is 4.98. The van der Waals surface area contributed by atoms with Crippen molar-refractivity contribution in [3.63, 3.8) is 0 Å². The van der Waals surface area contributed by atoms with Gasteiger partial charge in [-0.25, -0.2) is 9.37 Å². The first-order valence-electron chi connectivity index (χ1n) is 12.3. The summed E-state index contributed by atoms with van der Waals surface area (Å²) in [7, 11) is 1.84. The Morgan fingerprint density at radius 3 is 2.72 bits per heavy atom. The van der Waals surface area contributed by atoms with Crippen LogP contribution in [0.2, 0.25) is 0 Å². The molecule has 1 aliphatic heterocycles. The van der Waals surface area contributed by atoms with E-state index in [4.69, 9.17) is 14.6 Å². The fraction of sp³-hybridized carbons (Fsp3) is 0.185. The van der Waals surface area contributed by atoms with Crippen molar-refractivity contribution in [1.82, 2.24) is 45.4 Å². The van der Waals surface area contributed by atoms with E-state index in [-0.39, 0.29) is 5.82 Å². The third-order valence-corrected chi connectivity index (χ3v) is 7.12. The number of nitrogens with zero attached hydrogens (tertiary/aromatic N) is 7. The van der Waals surface area contributed by atoms with Crippen molar-refractivity contribution < 1.29 is 8.91 Å². The van der Waals surface area contributed by atoms with E-state index in [9.17, 15) is 9.65 Å². The highest BCUT2D eigenvalue weighted by Crippen LogP contribution is 2.45. The molecule has 0 radical (unpaired) electrons. The van der Waals surface area contributed by atoms with Gasteiger partial charge in [0.05, 0.1) is 29.1 Å². The summed E-state index contributed by atoms with van der Waals surface area (Å²) in [5.41, 5.74) is 3.21. The number of hydrogen-bond acceptors (Lipinski definition) is 8. The molecule has 7 rings (SSSR count). The Bertz CT molecular complexity index is 1850. The van der Waals surface area contributed by atoms with Crippen molar-refractivity contribution in [1.29, 1.82) is 5.26 Å². The van der Waals surface area contributed by atoms with E-state index in [1.165, 1.54) is 12.1 Å². The standard InChI is InChI=1S/C27H21FN10O/c1-14-30-26(37-39-14)27(21-10-11-38(2)36-21)23-18(22-16(13-29)4-3-5-19(22)31-23)12-20(33-27)25-32-24(34-35-25)15-6-8-17(28)9-7-15/h3-11,20,31,33H,12H2,1-2H3,(H,32,34,35)/t20-,27?/m1/s1. The van der Waals surface area contributed by atoms with E-state index >= 15 is 0 Å². The quantitative estimate of drug-likeness (QED) is 0.319. The van der Waals surface area contributed by atoms with Crippen LogP contribution in [0.25, 0.3) is 22.3 Å². The molecular formula is C27H21FN10O. The monoisotopic (exact) mass is 520 g/mol. The highest BCUT2D eigenvalue weighted by molar-refractivity contribution is 5.91. The molecule has 2 aromatic carbocycles. The summed E-state index contributed by atoms with van der Waals surface area (Å²) in [6, 6.07) is 15.4. The van der Waals surface area contributed by atoms with Crippen LogP contribution in [0.15, 0.2) is 59.3 Å². The predicted molar refractivity (Wildman–Crippen MR) is 136 cm³/mol. The zero-order valence-electron chi connectivity index (χ0n) is 20.9. The number of H-pyrrole nitrogens is 2. The molecule has 2 atom stereocenters. The summed E-state index contributed by atoms with van der Waals surface area (Å²) in [6.07, 6.45) is 2.33. The van der Waals surface area contributed by atoms with Crippen molar-refractivity contribution >= 4 is 10.9 Å². The number of aromatic amines is 2. The number of fused-ring (bicyclic) bond motifs is 3. The van der Waals surface area contributed by atoms with Crippen LogP contribution in [0.5, 0.6) is 0 Å². The molecule has 192 valence electrons. The van der Waals surface area contributed by atoms with Crippen molar-refractivity contribution in [2.45, 2.75) is 24.9 Å². The van der Waals surface area contributed by atoms with Gasteiger partial charge in [0.1, 0.15) is 11.6 Å². The van der Waals surface area contributed by atoms with E-state index in [0.29, 0.717) is 46.6 Å². The molecule has 0 aliphatic carbocycles. The van der Waals surface area contributed by atoms with Gasteiger partial charge < -0.3 is 9.51 Å². The van der Waals surface area contributed by atoms with Crippen LogP contribution < -0.4 is 5.32 Å². The molecule has 0 amide bonds. The minimum absolute atomic E-state index is 0.334. The van der Waals surface area contributed by atoms with Crippen molar-refractivity contribution in [3.05, 3.63) is 101 Å². The predicted octanol–water partition coefficient (Wildman–Crippen LogP) is 3.57. The number of aromatic nitrogens is 8. The fourth-order valence-corrected chi connectivity index (χ4v) is 5.41. The highest BCUT2D eigenvalue weighted by Gasteiger charge is 2.51. The van der Waals surface area contributed by atoms with Gasteiger partial charge in [-0.1, -0.05) is 11.2 Å². The van der Waals surface area contributed by atoms with Gasteiger partial charge in [-0.05, 0) is 54.4 Å². The molecule has 0 saturated carbocycles. The molecular weight excluding hydrogens is 499 g/mol. The lowest BCUT2D eigenvalue weighted by Gasteiger charge is -2.38. The molecule has 4 aromatic heterocycles. The topological polar surface area (TPSA) is 150 Å². The number of nitriles is 1. The van der Waals surface area contributed by atoms with Gasteiger partial charge in [-0.15, -0.1) is 0 Å². The van der Waals surface area contributed by atoms with Crippen LogP contribution in [0.4, 0.5) is 4.39 Å². The van der Waals surface area contributed by atoms with Crippen LogP contribution >= 0.6 is 0 Å². The summed E-state index contributed by atoms with van der Waals surface area (Å²) < 4.78 is 20.7. The molecule has 39 heavy (non-hydrogen) atoms. The van der Waals surface area contributed by atoms with E-state index in [0.717, 1.165) is 22.2 Å². The molecule has 12 heteroatoms. The van der Waals surface area contributed by atoms with Crippen LogP contribution in [0, 0.1) is 24.1 Å². The third kappa shape index (κ3) is 3.48. The maximum Gasteiger partial charge on any atom is 0.223 e. The Labute approximate surface area is 220 Å². The van der Waals surface area contributed by atoms with E-state index in [2.05, 4.69) is 36.7 Å².